The van der Waals surface area contributed by atoms with Crippen LogP contribution in [-0.2, 0) is 4.79 Å². The molecule has 0 rings (SSSR count). The van der Waals surface area contributed by atoms with Gasteiger partial charge < -0.3 is 4.90 Å². The van der Waals surface area contributed by atoms with Crippen LogP contribution in [0.5, 0.6) is 0 Å². The number of hydrogen-bond donors (Lipinski definition) is 0. The Balaban J connectivity index is 4.17. The summed E-state index contributed by atoms with van der Waals surface area (Å²) < 4.78 is 0. The van der Waals surface area contributed by atoms with Crippen molar-refractivity contribution in [3.63, 3.8) is 0 Å². The van der Waals surface area contributed by atoms with Crippen LogP contribution >= 0.6 is 0 Å². The fraction of sp³-hybridized carbons (Fsp3) is 0.900. The topological polar surface area (TPSA) is 69.1 Å². The summed E-state index contributed by atoms with van der Waals surface area (Å²) in [4.78, 5) is 16.1. The Kier molecular flexibility index (Phi) is 5.79. The molecule has 0 heterocycles. The van der Waals surface area contributed by atoms with Crippen LogP contribution in [0.4, 0.5) is 0 Å². The zero-order valence-corrected chi connectivity index (χ0v) is 10.0. The smallest absolute Gasteiger partial charge is 0.222 e. The van der Waals surface area contributed by atoms with Gasteiger partial charge in [0.1, 0.15) is 0 Å². The van der Waals surface area contributed by atoms with Crippen molar-refractivity contribution in [3.05, 3.63) is 10.4 Å². The number of unbranched alkanes of at least 4 members (excludes halogenated alkanes) is 1. The van der Waals surface area contributed by atoms with Crippen molar-refractivity contribution >= 4 is 5.91 Å². The van der Waals surface area contributed by atoms with E-state index in [0.29, 0.717) is 0 Å². The van der Waals surface area contributed by atoms with E-state index in [2.05, 4.69) is 16.9 Å². The minimum Gasteiger partial charge on any atom is -0.346 e. The van der Waals surface area contributed by atoms with Crippen LogP contribution in [0.1, 0.15) is 40.0 Å². The number of nitrogens with zero attached hydrogens (tertiary/aromatic N) is 4. The maximum atomic E-state index is 11.7. The van der Waals surface area contributed by atoms with Gasteiger partial charge in [0.2, 0.25) is 5.91 Å². The Labute approximate surface area is 91.1 Å². The number of carbonyl (C=O) groups is 1. The van der Waals surface area contributed by atoms with Crippen molar-refractivity contribution in [2.45, 2.75) is 45.6 Å². The molecule has 0 aromatic heterocycles. The highest BCUT2D eigenvalue weighted by atomic mass is 16.2. The Bertz CT molecular complexity index is 256. The zero-order valence-electron chi connectivity index (χ0n) is 10.0. The second-order valence-corrected chi connectivity index (χ2v) is 4.35. The minimum atomic E-state index is -0.633. The van der Waals surface area contributed by atoms with Gasteiger partial charge in [0.15, 0.2) is 0 Å². The normalized spacial score (nSPS) is 10.7. The molecule has 5 nitrogen and oxygen atoms in total. The summed E-state index contributed by atoms with van der Waals surface area (Å²) in [6.07, 6.45) is 2.33. The van der Waals surface area contributed by atoms with E-state index in [1.807, 2.05) is 0 Å². The molecule has 0 fully saturated rings. The van der Waals surface area contributed by atoms with E-state index in [9.17, 15) is 4.79 Å². The van der Waals surface area contributed by atoms with Gasteiger partial charge in [-0.05, 0) is 12.0 Å². The maximum absolute atomic E-state index is 11.7. The fourth-order valence-corrected chi connectivity index (χ4v) is 1.18. The van der Waals surface area contributed by atoms with E-state index in [0.717, 1.165) is 19.4 Å². The van der Waals surface area contributed by atoms with Crippen molar-refractivity contribution in [3.8, 4) is 0 Å². The van der Waals surface area contributed by atoms with E-state index < -0.39 is 5.54 Å². The molecule has 0 saturated heterocycles. The fourth-order valence-electron chi connectivity index (χ4n) is 1.18. The van der Waals surface area contributed by atoms with E-state index in [-0.39, 0.29) is 12.3 Å². The van der Waals surface area contributed by atoms with Gasteiger partial charge in [0.05, 0.1) is 5.54 Å². The van der Waals surface area contributed by atoms with Crippen molar-refractivity contribution in [1.82, 2.24) is 4.90 Å². The Morgan fingerprint density at radius 1 is 1.53 bits per heavy atom. The van der Waals surface area contributed by atoms with Crippen LogP contribution in [-0.4, -0.2) is 29.9 Å². The van der Waals surface area contributed by atoms with Gasteiger partial charge in [-0.1, -0.05) is 32.3 Å². The van der Waals surface area contributed by atoms with Crippen LogP contribution in [0.3, 0.4) is 0 Å². The maximum Gasteiger partial charge on any atom is 0.222 e. The Morgan fingerprint density at radius 2 is 2.13 bits per heavy atom. The highest BCUT2D eigenvalue weighted by molar-refractivity contribution is 5.77. The molecule has 0 spiro atoms. The van der Waals surface area contributed by atoms with Gasteiger partial charge in [-0.15, -0.1) is 0 Å². The van der Waals surface area contributed by atoms with Gasteiger partial charge >= 0.3 is 0 Å². The number of azide groups is 1. The number of rotatable bonds is 6. The second kappa shape index (κ2) is 6.30. The van der Waals surface area contributed by atoms with E-state index in [1.165, 1.54) is 0 Å². The second-order valence-electron chi connectivity index (χ2n) is 4.35. The quantitative estimate of drug-likeness (QED) is 0.379. The highest BCUT2D eigenvalue weighted by Gasteiger charge is 2.22. The van der Waals surface area contributed by atoms with E-state index in [4.69, 9.17) is 5.53 Å². The lowest BCUT2D eigenvalue weighted by Crippen LogP contribution is -2.33. The predicted molar refractivity (Wildman–Crippen MR) is 60.4 cm³/mol. The molecule has 0 aromatic rings. The number of carbonyl (C=O) groups excluding carboxylic acids is 1. The summed E-state index contributed by atoms with van der Waals surface area (Å²) in [6, 6.07) is 0. The molecule has 0 aliphatic rings. The zero-order chi connectivity index (χ0) is 11.9. The predicted octanol–water partition coefficient (Wildman–Crippen LogP) is 2.72. The van der Waals surface area contributed by atoms with Gasteiger partial charge in [0.25, 0.3) is 0 Å². The molecule has 0 aliphatic carbocycles. The standard InChI is InChI=1S/C10H20N4O/c1-5-6-7-14(4)9(15)8-10(2,3)12-13-11/h5-8H2,1-4H3. The summed E-state index contributed by atoms with van der Waals surface area (Å²) >= 11 is 0. The number of amides is 1. The highest BCUT2D eigenvalue weighted by Crippen LogP contribution is 2.15. The summed E-state index contributed by atoms with van der Waals surface area (Å²) in [5.74, 6) is 0.0286. The first-order valence-electron chi connectivity index (χ1n) is 5.23. The monoisotopic (exact) mass is 212 g/mol. The molecule has 0 aliphatic heterocycles. The molecule has 0 N–H and O–H groups in total. The molecule has 15 heavy (non-hydrogen) atoms. The first-order valence-corrected chi connectivity index (χ1v) is 5.23. The van der Waals surface area contributed by atoms with Gasteiger partial charge in [-0.25, -0.2) is 0 Å². The Morgan fingerprint density at radius 3 is 2.60 bits per heavy atom. The minimum absolute atomic E-state index is 0.0286. The summed E-state index contributed by atoms with van der Waals surface area (Å²) in [5.41, 5.74) is 7.70. The van der Waals surface area contributed by atoms with Crippen molar-refractivity contribution < 1.29 is 4.79 Å². The molecule has 0 unspecified atom stereocenters. The molecule has 0 atom stereocenters. The third-order valence-corrected chi connectivity index (χ3v) is 2.17. The van der Waals surface area contributed by atoms with Crippen LogP contribution in [0, 0.1) is 0 Å². The van der Waals surface area contributed by atoms with Gasteiger partial charge in [-0.3, -0.25) is 4.79 Å². The lowest BCUT2D eigenvalue weighted by atomic mass is 10.0. The largest absolute Gasteiger partial charge is 0.346 e. The van der Waals surface area contributed by atoms with Gasteiger partial charge in [-0.2, -0.15) is 0 Å². The molecule has 5 heteroatoms. The first-order chi connectivity index (χ1) is 6.93. The third kappa shape index (κ3) is 5.96. The average Bonchev–Trinajstić information content (AvgIpc) is 2.13. The molecule has 0 aromatic carbocycles. The van der Waals surface area contributed by atoms with Crippen LogP contribution < -0.4 is 0 Å². The molecule has 86 valence electrons. The number of hydrogen-bond acceptors (Lipinski definition) is 2. The molecular weight excluding hydrogens is 192 g/mol. The average molecular weight is 212 g/mol. The molecule has 0 radical (unpaired) electrons. The first kappa shape index (κ1) is 13.8. The summed E-state index contributed by atoms with van der Waals surface area (Å²) in [7, 11) is 1.78. The van der Waals surface area contributed by atoms with Crippen LogP contribution in [0.2, 0.25) is 0 Å². The molecular formula is C10H20N4O. The third-order valence-electron chi connectivity index (χ3n) is 2.17. The molecule has 0 saturated carbocycles. The summed E-state index contributed by atoms with van der Waals surface area (Å²) in [5, 5.41) is 3.59. The Hall–Kier alpha value is -1.22. The SMILES string of the molecule is CCCCN(C)C(=O)CC(C)(C)N=[N+]=[N-]. The van der Waals surface area contributed by atoms with E-state index in [1.54, 1.807) is 25.8 Å². The van der Waals surface area contributed by atoms with Crippen LogP contribution in [0.25, 0.3) is 10.4 Å². The van der Waals surface area contributed by atoms with Crippen molar-refractivity contribution in [2.24, 2.45) is 5.11 Å². The molecule has 0 bridgehead atoms. The van der Waals surface area contributed by atoms with Gasteiger partial charge in [0, 0.05) is 24.9 Å². The van der Waals surface area contributed by atoms with E-state index >= 15 is 0 Å². The van der Waals surface area contributed by atoms with Crippen molar-refractivity contribution in [1.29, 1.82) is 0 Å². The lowest BCUT2D eigenvalue weighted by Gasteiger charge is -2.22. The molecule has 1 amide bonds. The van der Waals surface area contributed by atoms with Crippen molar-refractivity contribution in [2.75, 3.05) is 13.6 Å². The lowest BCUT2D eigenvalue weighted by molar-refractivity contribution is -0.130. The van der Waals surface area contributed by atoms with Crippen LogP contribution in [0.15, 0.2) is 5.11 Å². The summed E-state index contributed by atoms with van der Waals surface area (Å²) in [6.45, 7) is 6.38.